The van der Waals surface area contributed by atoms with Crippen LogP contribution in [-0.4, -0.2) is 17.9 Å². The van der Waals surface area contributed by atoms with Crippen LogP contribution in [0.3, 0.4) is 0 Å². The molecule has 1 aromatic rings. The smallest absolute Gasteiger partial charge is 0.227 e. The first-order valence-electron chi connectivity index (χ1n) is 10.7. The van der Waals surface area contributed by atoms with E-state index >= 15 is 0 Å². The number of anilines is 1. The molecule has 3 rings (SSSR count). The van der Waals surface area contributed by atoms with Gasteiger partial charge in [-0.05, 0) is 62.5 Å². The van der Waals surface area contributed by atoms with E-state index in [4.69, 9.17) is 0 Å². The van der Waals surface area contributed by atoms with Gasteiger partial charge in [-0.3, -0.25) is 9.59 Å². The zero-order chi connectivity index (χ0) is 19.4. The van der Waals surface area contributed by atoms with Gasteiger partial charge in [0.25, 0.3) is 0 Å². The van der Waals surface area contributed by atoms with Crippen molar-refractivity contribution in [2.75, 3.05) is 5.32 Å². The van der Waals surface area contributed by atoms with E-state index in [1.807, 2.05) is 13.0 Å². The maximum atomic E-state index is 12.8. The Balaban J connectivity index is 1.54. The summed E-state index contributed by atoms with van der Waals surface area (Å²) < 4.78 is 0. The summed E-state index contributed by atoms with van der Waals surface area (Å²) in [6, 6.07) is 6.58. The molecule has 4 nitrogen and oxygen atoms in total. The first-order valence-corrected chi connectivity index (χ1v) is 10.7. The maximum absolute atomic E-state index is 12.8. The van der Waals surface area contributed by atoms with Crippen molar-refractivity contribution >= 4 is 17.5 Å². The number of rotatable bonds is 5. The molecule has 2 aliphatic rings. The van der Waals surface area contributed by atoms with Gasteiger partial charge in [0.1, 0.15) is 0 Å². The number of amides is 2. The average Bonchev–Trinajstić information content (AvgIpc) is 3.16. The SMILES string of the molecule is Cc1cccc(C(C)C)c1NC(=O)C1CCC(C(=O)NC2CCCC2)CC1. The highest BCUT2D eigenvalue weighted by Crippen LogP contribution is 2.32. The zero-order valence-electron chi connectivity index (χ0n) is 17.0. The Morgan fingerprint density at radius 1 is 0.926 bits per heavy atom. The van der Waals surface area contributed by atoms with E-state index in [0.29, 0.717) is 12.0 Å². The molecule has 0 saturated heterocycles. The van der Waals surface area contributed by atoms with Gasteiger partial charge in [0.05, 0.1) is 0 Å². The van der Waals surface area contributed by atoms with Crippen LogP contribution < -0.4 is 10.6 Å². The van der Waals surface area contributed by atoms with Crippen molar-refractivity contribution in [2.24, 2.45) is 11.8 Å². The van der Waals surface area contributed by atoms with Gasteiger partial charge < -0.3 is 10.6 Å². The molecular weight excluding hydrogens is 336 g/mol. The van der Waals surface area contributed by atoms with Crippen LogP contribution in [0, 0.1) is 18.8 Å². The molecule has 2 amide bonds. The Hall–Kier alpha value is -1.84. The minimum absolute atomic E-state index is 0.0140. The van der Waals surface area contributed by atoms with Gasteiger partial charge in [-0.15, -0.1) is 0 Å². The second kappa shape index (κ2) is 8.90. The number of carbonyl (C=O) groups excluding carboxylic acids is 2. The van der Waals surface area contributed by atoms with Crippen molar-refractivity contribution in [2.45, 2.75) is 84.1 Å². The van der Waals surface area contributed by atoms with Crippen LogP contribution in [-0.2, 0) is 9.59 Å². The van der Waals surface area contributed by atoms with E-state index in [1.54, 1.807) is 0 Å². The summed E-state index contributed by atoms with van der Waals surface area (Å²) in [4.78, 5) is 25.3. The number of carbonyl (C=O) groups is 2. The van der Waals surface area contributed by atoms with Crippen LogP contribution in [0.4, 0.5) is 5.69 Å². The Kier molecular flexibility index (Phi) is 6.56. The Labute approximate surface area is 163 Å². The first kappa shape index (κ1) is 19.9. The lowest BCUT2D eigenvalue weighted by Crippen LogP contribution is -2.39. The standard InChI is InChI=1S/C23H34N2O2/c1-15(2)20-10-6-7-16(3)21(20)25-23(27)18-13-11-17(12-14-18)22(26)24-19-8-4-5-9-19/h6-7,10,15,17-19H,4-5,8-9,11-14H2,1-3H3,(H,24,26)(H,25,27). The number of hydrogen-bond acceptors (Lipinski definition) is 2. The lowest BCUT2D eigenvalue weighted by atomic mass is 9.81. The molecule has 0 aliphatic heterocycles. The topological polar surface area (TPSA) is 58.2 Å². The lowest BCUT2D eigenvalue weighted by Gasteiger charge is -2.28. The summed E-state index contributed by atoms with van der Waals surface area (Å²) in [7, 11) is 0. The normalized spacial score (nSPS) is 23.4. The molecule has 4 heteroatoms. The minimum Gasteiger partial charge on any atom is -0.353 e. The number of nitrogens with one attached hydrogen (secondary N) is 2. The van der Waals surface area contributed by atoms with Crippen LogP contribution in [0.2, 0.25) is 0 Å². The minimum atomic E-state index is 0.0140. The van der Waals surface area contributed by atoms with E-state index in [9.17, 15) is 9.59 Å². The Morgan fingerprint density at radius 3 is 2.11 bits per heavy atom. The molecule has 27 heavy (non-hydrogen) atoms. The van der Waals surface area contributed by atoms with E-state index in [0.717, 1.165) is 49.8 Å². The first-order chi connectivity index (χ1) is 13.0. The molecule has 0 aromatic heterocycles. The Morgan fingerprint density at radius 2 is 1.52 bits per heavy atom. The predicted molar refractivity (Wildman–Crippen MR) is 110 cm³/mol. The highest BCUT2D eigenvalue weighted by atomic mass is 16.2. The van der Waals surface area contributed by atoms with Crippen LogP contribution in [0.5, 0.6) is 0 Å². The number of aryl methyl sites for hydroxylation is 1. The number of benzene rings is 1. The van der Waals surface area contributed by atoms with Crippen LogP contribution in [0.25, 0.3) is 0 Å². The third-order valence-electron chi connectivity index (χ3n) is 6.35. The van der Waals surface area contributed by atoms with Crippen molar-refractivity contribution < 1.29 is 9.59 Å². The van der Waals surface area contributed by atoms with Gasteiger partial charge in [0.15, 0.2) is 0 Å². The molecule has 0 bridgehead atoms. The summed E-state index contributed by atoms with van der Waals surface area (Å²) >= 11 is 0. The van der Waals surface area contributed by atoms with E-state index in [2.05, 4.69) is 36.6 Å². The van der Waals surface area contributed by atoms with Crippen molar-refractivity contribution in [3.8, 4) is 0 Å². The second-order valence-corrected chi connectivity index (χ2v) is 8.72. The zero-order valence-corrected chi connectivity index (χ0v) is 17.0. The van der Waals surface area contributed by atoms with Gasteiger partial charge in [-0.1, -0.05) is 44.9 Å². The molecule has 2 aliphatic carbocycles. The maximum Gasteiger partial charge on any atom is 0.227 e. The van der Waals surface area contributed by atoms with Gasteiger partial charge in [-0.2, -0.15) is 0 Å². The fourth-order valence-corrected chi connectivity index (χ4v) is 4.57. The lowest BCUT2D eigenvalue weighted by molar-refractivity contribution is -0.129. The Bertz CT molecular complexity index is 669. The largest absolute Gasteiger partial charge is 0.353 e. The van der Waals surface area contributed by atoms with Crippen LogP contribution in [0.15, 0.2) is 18.2 Å². The van der Waals surface area contributed by atoms with Gasteiger partial charge >= 0.3 is 0 Å². The van der Waals surface area contributed by atoms with Crippen molar-refractivity contribution in [1.29, 1.82) is 0 Å². The molecule has 0 heterocycles. The quantitative estimate of drug-likeness (QED) is 0.773. The summed E-state index contributed by atoms with van der Waals surface area (Å²) in [6.45, 7) is 6.35. The molecule has 0 radical (unpaired) electrons. The summed E-state index contributed by atoms with van der Waals surface area (Å²) in [5, 5.41) is 6.41. The van der Waals surface area contributed by atoms with Crippen molar-refractivity contribution in [3.63, 3.8) is 0 Å². The van der Waals surface area contributed by atoms with Gasteiger partial charge in [0, 0.05) is 23.6 Å². The third kappa shape index (κ3) is 4.91. The number of para-hydroxylation sites is 1. The fraction of sp³-hybridized carbons (Fsp3) is 0.652. The van der Waals surface area contributed by atoms with Gasteiger partial charge in [-0.25, -0.2) is 0 Å². The second-order valence-electron chi connectivity index (χ2n) is 8.72. The van der Waals surface area contributed by atoms with Crippen molar-refractivity contribution in [3.05, 3.63) is 29.3 Å². The molecular formula is C23H34N2O2. The highest BCUT2D eigenvalue weighted by Gasteiger charge is 2.31. The molecule has 2 N–H and O–H groups in total. The summed E-state index contributed by atoms with van der Waals surface area (Å²) in [6.07, 6.45) is 7.96. The van der Waals surface area contributed by atoms with E-state index < -0.39 is 0 Å². The van der Waals surface area contributed by atoms with E-state index in [1.165, 1.54) is 18.4 Å². The van der Waals surface area contributed by atoms with Gasteiger partial charge in [0.2, 0.25) is 11.8 Å². The third-order valence-corrected chi connectivity index (χ3v) is 6.35. The van der Waals surface area contributed by atoms with E-state index in [-0.39, 0.29) is 23.7 Å². The van der Waals surface area contributed by atoms with Crippen LogP contribution >= 0.6 is 0 Å². The molecule has 2 saturated carbocycles. The summed E-state index contributed by atoms with van der Waals surface area (Å²) in [5.74, 6) is 0.789. The van der Waals surface area contributed by atoms with Crippen molar-refractivity contribution in [1.82, 2.24) is 5.32 Å². The average molecular weight is 371 g/mol. The highest BCUT2D eigenvalue weighted by molar-refractivity contribution is 5.94. The molecule has 148 valence electrons. The summed E-state index contributed by atoms with van der Waals surface area (Å²) in [5.41, 5.74) is 3.27. The predicted octanol–water partition coefficient (Wildman–Crippen LogP) is 4.92. The molecule has 0 atom stereocenters. The monoisotopic (exact) mass is 370 g/mol. The number of hydrogen-bond donors (Lipinski definition) is 2. The molecule has 0 spiro atoms. The molecule has 2 fully saturated rings. The van der Waals surface area contributed by atoms with Crippen LogP contribution in [0.1, 0.15) is 82.3 Å². The fourth-order valence-electron chi connectivity index (χ4n) is 4.57. The molecule has 1 aromatic carbocycles. The molecule has 0 unspecified atom stereocenters.